The molecular formula is C8H15NO3. The molecule has 1 atom stereocenters. The lowest BCUT2D eigenvalue weighted by molar-refractivity contribution is -0.130. The van der Waals surface area contributed by atoms with Crippen LogP contribution in [-0.2, 0) is 9.53 Å². The molecule has 0 spiro atoms. The Morgan fingerprint density at radius 3 is 2.67 bits per heavy atom. The number of amides is 1. The van der Waals surface area contributed by atoms with E-state index in [-0.39, 0.29) is 18.1 Å². The number of carbonyl (C=O) groups excluding carboxylic acids is 1. The third kappa shape index (κ3) is 2.19. The summed E-state index contributed by atoms with van der Waals surface area (Å²) in [6.45, 7) is 1.46. The monoisotopic (exact) mass is 173 g/mol. The van der Waals surface area contributed by atoms with Crippen LogP contribution in [0.5, 0.6) is 0 Å². The number of aliphatic hydroxyl groups is 1. The average Bonchev–Trinajstić information content (AvgIpc) is 1.94. The molecule has 1 rings (SSSR count). The number of aliphatic hydroxyl groups excluding tert-OH is 1. The Hall–Kier alpha value is -0.610. The Bertz CT molecular complexity index is 164. The highest BCUT2D eigenvalue weighted by Crippen LogP contribution is 2.22. The van der Waals surface area contributed by atoms with Crippen molar-refractivity contribution in [2.75, 3.05) is 7.11 Å². The largest absolute Gasteiger partial charge is 0.384 e. The van der Waals surface area contributed by atoms with Crippen molar-refractivity contribution in [3.63, 3.8) is 0 Å². The van der Waals surface area contributed by atoms with E-state index in [1.807, 2.05) is 0 Å². The molecule has 1 saturated carbocycles. The SMILES string of the molecule is COC1CC(NC(=O)C(C)O)C1. The number of ether oxygens (including phenoxy) is 1. The van der Waals surface area contributed by atoms with Gasteiger partial charge in [0.1, 0.15) is 6.10 Å². The fraction of sp³-hybridized carbons (Fsp3) is 0.875. The van der Waals surface area contributed by atoms with E-state index >= 15 is 0 Å². The summed E-state index contributed by atoms with van der Waals surface area (Å²) in [5, 5.41) is 11.6. The van der Waals surface area contributed by atoms with Gasteiger partial charge in [-0.3, -0.25) is 4.79 Å². The maximum absolute atomic E-state index is 10.9. The van der Waals surface area contributed by atoms with Crippen LogP contribution in [0.3, 0.4) is 0 Å². The molecular weight excluding hydrogens is 158 g/mol. The first-order chi connectivity index (χ1) is 5.63. The quantitative estimate of drug-likeness (QED) is 0.614. The van der Waals surface area contributed by atoms with Crippen LogP contribution in [0.2, 0.25) is 0 Å². The molecule has 4 nitrogen and oxygen atoms in total. The predicted molar refractivity (Wildman–Crippen MR) is 43.6 cm³/mol. The van der Waals surface area contributed by atoms with Crippen molar-refractivity contribution < 1.29 is 14.6 Å². The Morgan fingerprint density at radius 2 is 2.25 bits per heavy atom. The number of rotatable bonds is 3. The normalized spacial score (nSPS) is 30.6. The van der Waals surface area contributed by atoms with Crippen LogP contribution < -0.4 is 5.32 Å². The van der Waals surface area contributed by atoms with Gasteiger partial charge in [0.05, 0.1) is 6.10 Å². The summed E-state index contributed by atoms with van der Waals surface area (Å²) in [6, 6.07) is 0.192. The van der Waals surface area contributed by atoms with E-state index < -0.39 is 6.10 Å². The lowest BCUT2D eigenvalue weighted by Crippen LogP contribution is -2.49. The minimum absolute atomic E-state index is 0.192. The second-order valence-electron chi connectivity index (χ2n) is 3.21. The molecule has 0 bridgehead atoms. The van der Waals surface area contributed by atoms with Crippen molar-refractivity contribution >= 4 is 5.91 Å². The second-order valence-corrected chi connectivity index (χ2v) is 3.21. The first kappa shape index (κ1) is 9.48. The van der Waals surface area contributed by atoms with Gasteiger partial charge in [0.15, 0.2) is 0 Å². The third-order valence-corrected chi connectivity index (χ3v) is 2.15. The zero-order valence-corrected chi connectivity index (χ0v) is 7.41. The molecule has 1 fully saturated rings. The van der Waals surface area contributed by atoms with Crippen molar-refractivity contribution in [1.29, 1.82) is 0 Å². The maximum atomic E-state index is 10.9. The summed E-state index contributed by atoms with van der Waals surface area (Å²) >= 11 is 0. The molecule has 0 aromatic rings. The smallest absolute Gasteiger partial charge is 0.248 e. The summed E-state index contributed by atoms with van der Waals surface area (Å²) in [7, 11) is 1.66. The van der Waals surface area contributed by atoms with Crippen LogP contribution in [0.15, 0.2) is 0 Å². The highest BCUT2D eigenvalue weighted by atomic mass is 16.5. The summed E-state index contributed by atoms with van der Waals surface area (Å²) in [6.07, 6.45) is 1.08. The van der Waals surface area contributed by atoms with Crippen LogP contribution in [0.25, 0.3) is 0 Å². The fourth-order valence-corrected chi connectivity index (χ4v) is 1.20. The van der Waals surface area contributed by atoms with Crippen LogP contribution in [0.1, 0.15) is 19.8 Å². The number of carbonyl (C=O) groups is 1. The summed E-state index contributed by atoms with van der Waals surface area (Å²) in [4.78, 5) is 10.9. The Kier molecular flexibility index (Phi) is 3.05. The molecule has 1 aliphatic rings. The second kappa shape index (κ2) is 3.87. The van der Waals surface area contributed by atoms with E-state index in [1.54, 1.807) is 7.11 Å². The van der Waals surface area contributed by atoms with Crippen molar-refractivity contribution in [1.82, 2.24) is 5.32 Å². The molecule has 0 aromatic heterocycles. The molecule has 70 valence electrons. The molecule has 0 saturated heterocycles. The highest BCUT2D eigenvalue weighted by molar-refractivity contribution is 5.80. The molecule has 0 radical (unpaired) electrons. The number of nitrogens with one attached hydrogen (secondary N) is 1. The number of hydrogen-bond donors (Lipinski definition) is 2. The van der Waals surface area contributed by atoms with Gasteiger partial charge < -0.3 is 15.2 Å². The first-order valence-corrected chi connectivity index (χ1v) is 4.14. The molecule has 1 amide bonds. The zero-order valence-electron chi connectivity index (χ0n) is 7.41. The minimum atomic E-state index is -0.911. The summed E-state index contributed by atoms with van der Waals surface area (Å²) in [5.74, 6) is -0.297. The van der Waals surface area contributed by atoms with Crippen molar-refractivity contribution in [3.8, 4) is 0 Å². The molecule has 12 heavy (non-hydrogen) atoms. The van der Waals surface area contributed by atoms with Crippen LogP contribution in [-0.4, -0.2) is 36.4 Å². The van der Waals surface area contributed by atoms with Crippen molar-refractivity contribution in [2.24, 2.45) is 0 Å². The lowest BCUT2D eigenvalue weighted by atomic mass is 9.89. The topological polar surface area (TPSA) is 58.6 Å². The highest BCUT2D eigenvalue weighted by Gasteiger charge is 2.30. The van der Waals surface area contributed by atoms with Gasteiger partial charge in [-0.1, -0.05) is 0 Å². The van der Waals surface area contributed by atoms with E-state index in [4.69, 9.17) is 9.84 Å². The minimum Gasteiger partial charge on any atom is -0.384 e. The Balaban J connectivity index is 2.14. The van der Waals surface area contributed by atoms with E-state index in [9.17, 15) is 4.79 Å². The van der Waals surface area contributed by atoms with Gasteiger partial charge in [-0.05, 0) is 19.8 Å². The molecule has 1 unspecified atom stereocenters. The molecule has 2 N–H and O–H groups in total. The molecule has 0 aromatic carbocycles. The van der Waals surface area contributed by atoms with Crippen LogP contribution in [0, 0.1) is 0 Å². The first-order valence-electron chi connectivity index (χ1n) is 4.14. The molecule has 1 aliphatic carbocycles. The van der Waals surface area contributed by atoms with Gasteiger partial charge in [-0.25, -0.2) is 0 Å². The van der Waals surface area contributed by atoms with E-state index in [2.05, 4.69) is 5.32 Å². The van der Waals surface area contributed by atoms with Gasteiger partial charge in [-0.15, -0.1) is 0 Å². The third-order valence-electron chi connectivity index (χ3n) is 2.15. The predicted octanol–water partition coefficient (Wildman–Crippen LogP) is -0.339. The molecule has 0 aliphatic heterocycles. The van der Waals surface area contributed by atoms with Gasteiger partial charge in [0.25, 0.3) is 0 Å². The Morgan fingerprint density at radius 1 is 1.67 bits per heavy atom. The standard InChI is InChI=1S/C8H15NO3/c1-5(10)8(11)9-6-3-7(4-6)12-2/h5-7,10H,3-4H2,1-2H3,(H,9,11). The van der Waals surface area contributed by atoms with Crippen LogP contribution >= 0.6 is 0 Å². The van der Waals surface area contributed by atoms with E-state index in [1.165, 1.54) is 6.92 Å². The average molecular weight is 173 g/mol. The summed E-state index contributed by atoms with van der Waals surface area (Å²) in [5.41, 5.74) is 0. The fourth-order valence-electron chi connectivity index (χ4n) is 1.20. The van der Waals surface area contributed by atoms with E-state index in [0.717, 1.165) is 12.8 Å². The lowest BCUT2D eigenvalue weighted by Gasteiger charge is -2.34. The summed E-state index contributed by atoms with van der Waals surface area (Å²) < 4.78 is 5.04. The van der Waals surface area contributed by atoms with Gasteiger partial charge >= 0.3 is 0 Å². The van der Waals surface area contributed by atoms with Crippen LogP contribution in [0.4, 0.5) is 0 Å². The molecule has 0 heterocycles. The molecule has 4 heteroatoms. The van der Waals surface area contributed by atoms with Gasteiger partial charge in [0, 0.05) is 13.2 Å². The zero-order chi connectivity index (χ0) is 9.14. The van der Waals surface area contributed by atoms with Crippen molar-refractivity contribution in [2.45, 2.75) is 38.0 Å². The Labute approximate surface area is 71.9 Å². The van der Waals surface area contributed by atoms with Crippen molar-refractivity contribution in [3.05, 3.63) is 0 Å². The maximum Gasteiger partial charge on any atom is 0.248 e. The number of methoxy groups -OCH3 is 1. The van der Waals surface area contributed by atoms with Gasteiger partial charge in [-0.2, -0.15) is 0 Å². The number of hydrogen-bond acceptors (Lipinski definition) is 3. The van der Waals surface area contributed by atoms with Gasteiger partial charge in [0.2, 0.25) is 5.91 Å². The van der Waals surface area contributed by atoms with E-state index in [0.29, 0.717) is 0 Å².